The van der Waals surface area contributed by atoms with Crippen molar-refractivity contribution in [2.45, 2.75) is 25.8 Å². The molecule has 1 atom stereocenters. The highest BCUT2D eigenvalue weighted by atomic mass is 35.5. The summed E-state index contributed by atoms with van der Waals surface area (Å²) >= 11 is 5.51. The van der Waals surface area contributed by atoms with Crippen LogP contribution in [0.25, 0.3) is 0 Å². The molecule has 0 aliphatic carbocycles. The average molecular weight is 239 g/mol. The van der Waals surface area contributed by atoms with Gasteiger partial charge in [-0.15, -0.1) is 0 Å². The van der Waals surface area contributed by atoms with Gasteiger partial charge in [0.25, 0.3) is 6.43 Å². The Kier molecular flexibility index (Phi) is 3.62. The van der Waals surface area contributed by atoms with Crippen LogP contribution in [0.2, 0.25) is 5.02 Å². The number of nitrogens with zero attached hydrogens (tertiary/aromatic N) is 2. The number of aliphatic carboxylic acids is 1. The quantitative estimate of drug-likeness (QED) is 0.877. The van der Waals surface area contributed by atoms with Crippen LogP contribution in [0.5, 0.6) is 0 Å². The molecule has 1 rings (SSSR count). The second-order valence-corrected chi connectivity index (χ2v) is 3.50. The van der Waals surface area contributed by atoms with Crippen LogP contribution in [-0.4, -0.2) is 20.9 Å². The molecule has 0 saturated carbocycles. The first kappa shape index (κ1) is 11.9. The maximum atomic E-state index is 12.3. The molecule has 1 N–H and O–H groups in total. The van der Waals surface area contributed by atoms with Gasteiger partial charge in [0.05, 0.1) is 17.5 Å². The molecule has 0 aliphatic rings. The highest BCUT2D eigenvalue weighted by Crippen LogP contribution is 2.26. The van der Waals surface area contributed by atoms with E-state index in [4.69, 9.17) is 16.7 Å². The topological polar surface area (TPSA) is 55.1 Å². The van der Waals surface area contributed by atoms with Crippen molar-refractivity contribution in [2.24, 2.45) is 0 Å². The normalized spacial score (nSPS) is 13.1. The summed E-state index contributed by atoms with van der Waals surface area (Å²) in [6.45, 7) is 1.56. The minimum absolute atomic E-state index is 0.151. The first-order chi connectivity index (χ1) is 6.91. The van der Waals surface area contributed by atoms with Crippen molar-refractivity contribution in [3.63, 3.8) is 0 Å². The zero-order valence-corrected chi connectivity index (χ0v) is 8.58. The molecule has 1 heterocycles. The van der Waals surface area contributed by atoms with Gasteiger partial charge in [0.1, 0.15) is 5.69 Å². The average Bonchev–Trinajstić information content (AvgIpc) is 2.46. The van der Waals surface area contributed by atoms with Gasteiger partial charge in [-0.2, -0.15) is 5.10 Å². The van der Waals surface area contributed by atoms with Gasteiger partial charge in [0.2, 0.25) is 0 Å². The molecule has 0 radical (unpaired) electrons. The van der Waals surface area contributed by atoms with E-state index in [0.717, 1.165) is 4.68 Å². The third-order valence-electron chi connectivity index (χ3n) is 1.84. The molecule has 84 valence electrons. The Morgan fingerprint density at radius 1 is 1.73 bits per heavy atom. The van der Waals surface area contributed by atoms with Crippen LogP contribution >= 0.6 is 11.6 Å². The van der Waals surface area contributed by atoms with Gasteiger partial charge in [-0.3, -0.25) is 9.48 Å². The Labute approximate surface area is 89.5 Å². The monoisotopic (exact) mass is 238 g/mol. The van der Waals surface area contributed by atoms with Crippen LogP contribution in [0.4, 0.5) is 8.78 Å². The minimum atomic E-state index is -2.75. The maximum absolute atomic E-state index is 12.3. The van der Waals surface area contributed by atoms with Crippen molar-refractivity contribution in [3.8, 4) is 0 Å². The second-order valence-electron chi connectivity index (χ2n) is 3.09. The predicted octanol–water partition coefficient (Wildman–Crippen LogP) is 2.51. The van der Waals surface area contributed by atoms with Crippen molar-refractivity contribution in [3.05, 3.63) is 16.9 Å². The molecule has 7 heteroatoms. The number of carboxylic acid groups (broad SMARTS) is 1. The number of hydrogen-bond donors (Lipinski definition) is 1. The summed E-state index contributed by atoms with van der Waals surface area (Å²) in [7, 11) is 0. The van der Waals surface area contributed by atoms with E-state index in [0.29, 0.717) is 0 Å². The van der Waals surface area contributed by atoms with E-state index in [1.807, 2.05) is 0 Å². The smallest absolute Gasteiger partial charge is 0.305 e. The molecule has 15 heavy (non-hydrogen) atoms. The number of hydrogen-bond acceptors (Lipinski definition) is 2. The lowest BCUT2D eigenvalue weighted by molar-refractivity contribution is -0.137. The largest absolute Gasteiger partial charge is 0.481 e. The van der Waals surface area contributed by atoms with Crippen LogP contribution in [0.3, 0.4) is 0 Å². The van der Waals surface area contributed by atoms with Crippen molar-refractivity contribution in [1.29, 1.82) is 0 Å². The van der Waals surface area contributed by atoms with Crippen LogP contribution in [-0.2, 0) is 4.79 Å². The molecule has 1 aromatic rings. The second kappa shape index (κ2) is 4.57. The van der Waals surface area contributed by atoms with Gasteiger partial charge in [-0.1, -0.05) is 11.6 Å². The lowest BCUT2D eigenvalue weighted by Crippen LogP contribution is -2.11. The molecule has 0 fully saturated rings. The molecule has 0 aliphatic heterocycles. The summed E-state index contributed by atoms with van der Waals surface area (Å²) in [4.78, 5) is 10.4. The summed E-state index contributed by atoms with van der Waals surface area (Å²) in [5, 5.41) is 11.9. The van der Waals surface area contributed by atoms with E-state index in [-0.39, 0.29) is 11.4 Å². The molecule has 4 nitrogen and oxygen atoms in total. The van der Waals surface area contributed by atoms with Crippen molar-refractivity contribution >= 4 is 17.6 Å². The van der Waals surface area contributed by atoms with Gasteiger partial charge >= 0.3 is 5.97 Å². The van der Waals surface area contributed by atoms with E-state index in [2.05, 4.69) is 5.10 Å². The summed E-state index contributed by atoms with van der Waals surface area (Å²) in [5.41, 5.74) is -0.520. The fraction of sp³-hybridized carbons (Fsp3) is 0.500. The summed E-state index contributed by atoms with van der Waals surface area (Å²) in [6.07, 6.45) is -1.74. The maximum Gasteiger partial charge on any atom is 0.305 e. The van der Waals surface area contributed by atoms with Gasteiger partial charge in [0.15, 0.2) is 0 Å². The Morgan fingerprint density at radius 2 is 2.33 bits per heavy atom. The minimum Gasteiger partial charge on any atom is -0.481 e. The summed E-state index contributed by atoms with van der Waals surface area (Å²) < 4.78 is 25.7. The molecule has 0 bridgehead atoms. The number of aromatic nitrogens is 2. The Bertz CT molecular complexity index is 368. The van der Waals surface area contributed by atoms with E-state index >= 15 is 0 Å². The predicted molar refractivity (Wildman–Crippen MR) is 49.2 cm³/mol. The van der Waals surface area contributed by atoms with Gasteiger partial charge in [-0.05, 0) is 6.92 Å². The molecule has 0 saturated heterocycles. The molecule has 0 spiro atoms. The van der Waals surface area contributed by atoms with Gasteiger partial charge < -0.3 is 5.11 Å². The highest BCUT2D eigenvalue weighted by molar-refractivity contribution is 6.31. The lowest BCUT2D eigenvalue weighted by Gasteiger charge is -2.08. The molecule has 1 unspecified atom stereocenters. The fourth-order valence-electron chi connectivity index (χ4n) is 1.10. The van der Waals surface area contributed by atoms with E-state index in [1.165, 1.54) is 6.20 Å². The zero-order chi connectivity index (χ0) is 11.6. The summed E-state index contributed by atoms with van der Waals surface area (Å²) in [5.74, 6) is -1.02. The van der Waals surface area contributed by atoms with E-state index in [1.54, 1.807) is 6.92 Å². The van der Waals surface area contributed by atoms with Crippen LogP contribution in [0.1, 0.15) is 31.5 Å². The first-order valence-electron chi connectivity index (χ1n) is 4.16. The zero-order valence-electron chi connectivity index (χ0n) is 7.82. The molecule has 0 aromatic carbocycles. The SMILES string of the molecule is CC(CC(=O)O)n1cc(Cl)c(C(F)F)n1. The molecule has 1 aromatic heterocycles. The molecular formula is C8H9ClF2N2O2. The third kappa shape index (κ3) is 2.89. The number of carbonyl (C=O) groups is 1. The van der Waals surface area contributed by atoms with E-state index in [9.17, 15) is 13.6 Å². The Balaban J connectivity index is 2.87. The van der Waals surface area contributed by atoms with Crippen LogP contribution in [0, 0.1) is 0 Å². The highest BCUT2D eigenvalue weighted by Gasteiger charge is 2.19. The molecule has 0 amide bonds. The number of carboxylic acids is 1. The fourth-order valence-corrected chi connectivity index (χ4v) is 1.32. The summed E-state index contributed by atoms with van der Waals surface area (Å²) in [6, 6.07) is -0.507. The standard InChI is InChI=1S/C8H9ClF2N2O2/c1-4(2-6(14)15)13-3-5(9)7(12-13)8(10)11/h3-4,8H,2H2,1H3,(H,14,15). The third-order valence-corrected chi connectivity index (χ3v) is 2.13. The molecular weight excluding hydrogens is 230 g/mol. The Hall–Kier alpha value is -1.17. The van der Waals surface area contributed by atoms with Crippen molar-refractivity contribution in [2.75, 3.05) is 0 Å². The van der Waals surface area contributed by atoms with Crippen molar-refractivity contribution < 1.29 is 18.7 Å². The van der Waals surface area contributed by atoms with Gasteiger partial charge in [0, 0.05) is 6.20 Å². The number of alkyl halides is 2. The number of rotatable bonds is 4. The lowest BCUT2D eigenvalue weighted by atomic mass is 10.2. The van der Waals surface area contributed by atoms with Crippen LogP contribution < -0.4 is 0 Å². The van der Waals surface area contributed by atoms with Gasteiger partial charge in [-0.25, -0.2) is 8.78 Å². The van der Waals surface area contributed by atoms with Crippen molar-refractivity contribution in [1.82, 2.24) is 9.78 Å². The number of halogens is 3. The Morgan fingerprint density at radius 3 is 2.73 bits per heavy atom. The van der Waals surface area contributed by atoms with Crippen LogP contribution in [0.15, 0.2) is 6.20 Å². The van der Waals surface area contributed by atoms with E-state index < -0.39 is 24.1 Å². The first-order valence-corrected chi connectivity index (χ1v) is 4.54.